The predicted molar refractivity (Wildman–Crippen MR) is 125 cm³/mol. The molecule has 2 aromatic heterocycles. The number of nitrogens with zero attached hydrogens (tertiary/aromatic N) is 4. The van der Waals surface area contributed by atoms with E-state index in [4.69, 9.17) is 4.98 Å². The van der Waals surface area contributed by atoms with Crippen LogP contribution in [-0.4, -0.2) is 31.9 Å². The molecule has 0 bridgehead atoms. The Morgan fingerprint density at radius 1 is 1.10 bits per heavy atom. The number of imidazole rings is 1. The Morgan fingerprint density at radius 3 is 2.68 bits per heavy atom. The second kappa shape index (κ2) is 9.57. The van der Waals surface area contributed by atoms with Crippen molar-refractivity contribution in [2.45, 2.75) is 25.5 Å². The Balaban J connectivity index is 1.47. The molecule has 2 aromatic carbocycles. The predicted octanol–water partition coefficient (Wildman–Crippen LogP) is 4.42. The number of hydrogen-bond acceptors (Lipinski definition) is 5. The summed E-state index contributed by atoms with van der Waals surface area (Å²) >= 11 is 1.41. The van der Waals surface area contributed by atoms with Gasteiger partial charge < -0.3 is 4.57 Å². The van der Waals surface area contributed by atoms with Crippen molar-refractivity contribution in [2.24, 2.45) is 5.10 Å². The molecule has 31 heavy (non-hydrogen) atoms. The van der Waals surface area contributed by atoms with Crippen molar-refractivity contribution in [3.63, 3.8) is 0 Å². The quantitative estimate of drug-likeness (QED) is 0.268. The molecule has 2 heterocycles. The van der Waals surface area contributed by atoms with Gasteiger partial charge in [0.2, 0.25) is 0 Å². The number of carbonyl (C=O) groups is 1. The molecule has 0 aliphatic heterocycles. The van der Waals surface area contributed by atoms with Crippen molar-refractivity contribution in [3.05, 3.63) is 89.7 Å². The molecular formula is C24H23N5OS. The highest BCUT2D eigenvalue weighted by Gasteiger charge is 2.13. The van der Waals surface area contributed by atoms with Crippen molar-refractivity contribution in [1.82, 2.24) is 20.0 Å². The lowest BCUT2D eigenvalue weighted by atomic mass is 10.1. The molecule has 0 fully saturated rings. The van der Waals surface area contributed by atoms with E-state index in [0.29, 0.717) is 12.3 Å². The minimum absolute atomic E-state index is 0.179. The highest BCUT2D eigenvalue weighted by molar-refractivity contribution is 7.99. The molecule has 0 saturated carbocycles. The van der Waals surface area contributed by atoms with Crippen LogP contribution in [0.3, 0.4) is 0 Å². The third-order valence-electron chi connectivity index (χ3n) is 4.84. The SMILES string of the molecule is C/C(=N\NC(=O)CSc1nc2ccccc2n1Cc1ccc(C)cc1)c1cccnc1. The first kappa shape index (κ1) is 20.8. The molecule has 6 nitrogen and oxygen atoms in total. The van der Waals surface area contributed by atoms with Crippen LogP contribution in [0.1, 0.15) is 23.6 Å². The normalized spacial score (nSPS) is 11.6. The van der Waals surface area contributed by atoms with Gasteiger partial charge in [-0.3, -0.25) is 9.78 Å². The maximum atomic E-state index is 12.4. The highest BCUT2D eigenvalue weighted by Crippen LogP contribution is 2.25. The summed E-state index contributed by atoms with van der Waals surface area (Å²) in [6, 6.07) is 20.2. The van der Waals surface area contributed by atoms with Gasteiger partial charge in [-0.15, -0.1) is 0 Å². The van der Waals surface area contributed by atoms with E-state index in [1.54, 1.807) is 12.4 Å². The number of amides is 1. The summed E-state index contributed by atoms with van der Waals surface area (Å²) in [4.78, 5) is 21.2. The third-order valence-corrected chi connectivity index (χ3v) is 5.82. The maximum Gasteiger partial charge on any atom is 0.250 e. The molecule has 156 valence electrons. The summed E-state index contributed by atoms with van der Waals surface area (Å²) in [6.07, 6.45) is 3.42. The van der Waals surface area contributed by atoms with Gasteiger partial charge in [0.15, 0.2) is 5.16 Å². The van der Waals surface area contributed by atoms with Gasteiger partial charge >= 0.3 is 0 Å². The lowest BCUT2D eigenvalue weighted by molar-refractivity contribution is -0.118. The van der Waals surface area contributed by atoms with Crippen molar-refractivity contribution in [3.8, 4) is 0 Å². The van der Waals surface area contributed by atoms with E-state index in [9.17, 15) is 4.79 Å². The molecule has 0 saturated heterocycles. The fraction of sp³-hybridized carbons (Fsp3) is 0.167. The van der Waals surface area contributed by atoms with Crippen LogP contribution in [0.15, 0.2) is 83.3 Å². The summed E-state index contributed by atoms with van der Waals surface area (Å²) in [7, 11) is 0. The molecule has 0 atom stereocenters. The molecule has 0 aliphatic rings. The van der Waals surface area contributed by atoms with E-state index in [1.807, 2.05) is 37.3 Å². The van der Waals surface area contributed by atoms with Crippen LogP contribution >= 0.6 is 11.8 Å². The fourth-order valence-electron chi connectivity index (χ4n) is 3.14. The van der Waals surface area contributed by atoms with Crippen molar-refractivity contribution in [2.75, 3.05) is 5.75 Å². The van der Waals surface area contributed by atoms with Crippen LogP contribution in [0.4, 0.5) is 0 Å². The average Bonchev–Trinajstić information content (AvgIpc) is 3.15. The molecule has 4 aromatic rings. The zero-order chi connectivity index (χ0) is 21.6. The monoisotopic (exact) mass is 429 g/mol. The number of nitrogens with one attached hydrogen (secondary N) is 1. The number of hydrazone groups is 1. The van der Waals surface area contributed by atoms with E-state index in [2.05, 4.69) is 57.3 Å². The van der Waals surface area contributed by atoms with Gasteiger partial charge in [0.25, 0.3) is 5.91 Å². The molecular weight excluding hydrogens is 406 g/mol. The van der Waals surface area contributed by atoms with E-state index < -0.39 is 0 Å². The second-order valence-electron chi connectivity index (χ2n) is 7.22. The standard InChI is InChI=1S/C24H23N5OS/c1-17-9-11-19(12-10-17)15-29-22-8-4-3-7-21(22)26-24(29)31-16-23(30)28-27-18(2)20-6-5-13-25-14-20/h3-14H,15-16H2,1-2H3,(H,28,30)/b27-18+. The van der Waals surface area contributed by atoms with Gasteiger partial charge in [-0.25, -0.2) is 10.4 Å². The molecule has 0 radical (unpaired) electrons. The highest BCUT2D eigenvalue weighted by atomic mass is 32.2. The van der Waals surface area contributed by atoms with Gasteiger partial charge in [-0.1, -0.05) is 59.8 Å². The van der Waals surface area contributed by atoms with Crippen LogP contribution in [0.2, 0.25) is 0 Å². The molecule has 0 spiro atoms. The zero-order valence-electron chi connectivity index (χ0n) is 17.4. The summed E-state index contributed by atoms with van der Waals surface area (Å²) in [5.74, 6) is 0.0447. The van der Waals surface area contributed by atoms with E-state index in [1.165, 1.54) is 22.9 Å². The number of rotatable bonds is 7. The minimum atomic E-state index is -0.179. The Labute approximate surface area is 185 Å². The van der Waals surface area contributed by atoms with E-state index in [0.717, 1.165) is 21.8 Å². The van der Waals surface area contributed by atoms with Crippen molar-refractivity contribution < 1.29 is 4.79 Å². The number of fused-ring (bicyclic) bond motifs is 1. The van der Waals surface area contributed by atoms with Crippen LogP contribution in [0.5, 0.6) is 0 Å². The first-order valence-corrected chi connectivity index (χ1v) is 11.0. The van der Waals surface area contributed by atoms with Gasteiger partial charge in [-0.05, 0) is 37.6 Å². The van der Waals surface area contributed by atoms with Gasteiger partial charge in [-0.2, -0.15) is 5.10 Å². The Kier molecular flexibility index (Phi) is 6.43. The smallest absolute Gasteiger partial charge is 0.250 e. The number of hydrogen-bond donors (Lipinski definition) is 1. The van der Waals surface area contributed by atoms with Crippen molar-refractivity contribution >= 4 is 34.4 Å². The minimum Gasteiger partial charge on any atom is -0.314 e. The Hall–Kier alpha value is -3.45. The largest absolute Gasteiger partial charge is 0.314 e. The number of aryl methyl sites for hydroxylation is 1. The van der Waals surface area contributed by atoms with Crippen LogP contribution < -0.4 is 5.43 Å². The molecule has 7 heteroatoms. The maximum absolute atomic E-state index is 12.4. The van der Waals surface area contributed by atoms with Crippen LogP contribution in [-0.2, 0) is 11.3 Å². The number of carbonyl (C=O) groups excluding carboxylic acids is 1. The summed E-state index contributed by atoms with van der Waals surface area (Å²) in [6.45, 7) is 4.61. The third kappa shape index (κ3) is 5.19. The van der Waals surface area contributed by atoms with Gasteiger partial charge in [0, 0.05) is 18.0 Å². The summed E-state index contributed by atoms with van der Waals surface area (Å²) in [5, 5.41) is 4.99. The van der Waals surface area contributed by atoms with E-state index >= 15 is 0 Å². The topological polar surface area (TPSA) is 72.2 Å². The lowest BCUT2D eigenvalue weighted by Crippen LogP contribution is -2.21. The number of para-hydroxylation sites is 2. The fourth-order valence-corrected chi connectivity index (χ4v) is 3.95. The first-order valence-electron chi connectivity index (χ1n) is 9.97. The Morgan fingerprint density at radius 2 is 1.90 bits per heavy atom. The van der Waals surface area contributed by atoms with Crippen LogP contribution in [0.25, 0.3) is 11.0 Å². The molecule has 1 amide bonds. The van der Waals surface area contributed by atoms with Crippen molar-refractivity contribution in [1.29, 1.82) is 0 Å². The van der Waals surface area contributed by atoms with Crippen LogP contribution in [0, 0.1) is 6.92 Å². The zero-order valence-corrected chi connectivity index (χ0v) is 18.3. The number of thioether (sulfide) groups is 1. The number of pyridine rings is 1. The first-order chi connectivity index (χ1) is 15.1. The molecule has 1 N–H and O–H groups in total. The molecule has 4 rings (SSSR count). The van der Waals surface area contributed by atoms with Gasteiger partial charge in [0.05, 0.1) is 29.0 Å². The number of aromatic nitrogens is 3. The number of benzene rings is 2. The molecule has 0 aliphatic carbocycles. The average molecular weight is 430 g/mol. The van der Waals surface area contributed by atoms with Gasteiger partial charge in [0.1, 0.15) is 0 Å². The summed E-state index contributed by atoms with van der Waals surface area (Å²) < 4.78 is 2.15. The molecule has 0 unspecified atom stereocenters. The second-order valence-corrected chi connectivity index (χ2v) is 8.16. The van der Waals surface area contributed by atoms with E-state index in [-0.39, 0.29) is 11.7 Å². The summed E-state index contributed by atoms with van der Waals surface area (Å²) in [5.41, 5.74) is 8.59. The lowest BCUT2D eigenvalue weighted by Gasteiger charge is -2.09. The Bertz CT molecular complexity index is 1220.